The van der Waals surface area contributed by atoms with Gasteiger partial charge in [-0.2, -0.15) is 4.37 Å². The summed E-state index contributed by atoms with van der Waals surface area (Å²) in [6.45, 7) is 1.69. The van der Waals surface area contributed by atoms with Crippen molar-refractivity contribution in [3.05, 3.63) is 28.5 Å². The smallest absolute Gasteiger partial charge is 0.263 e. The fourth-order valence-corrected chi connectivity index (χ4v) is 3.54. The predicted octanol–water partition coefficient (Wildman–Crippen LogP) is 1.99. The van der Waals surface area contributed by atoms with E-state index in [0.29, 0.717) is 16.0 Å². The second-order valence-electron chi connectivity index (χ2n) is 3.44. The van der Waals surface area contributed by atoms with Crippen LogP contribution in [0, 0.1) is 6.92 Å². The number of nitrogens with zero attached hydrogens (tertiary/aromatic N) is 2. The second-order valence-corrected chi connectivity index (χ2v) is 6.72. The lowest BCUT2D eigenvalue weighted by Gasteiger charge is -2.06. The van der Waals surface area contributed by atoms with Gasteiger partial charge in [0.1, 0.15) is 5.82 Å². The first kappa shape index (κ1) is 13.2. The lowest BCUT2D eigenvalue weighted by atomic mass is 10.3. The molecule has 0 fully saturated rings. The van der Waals surface area contributed by atoms with Gasteiger partial charge in [-0.05, 0) is 41.1 Å². The highest BCUT2D eigenvalue weighted by Gasteiger charge is 2.17. The van der Waals surface area contributed by atoms with Gasteiger partial charge in [0.15, 0.2) is 0 Å². The average molecular weight is 349 g/mol. The first-order valence-corrected chi connectivity index (χ1v) is 7.81. The number of sulfonamides is 1. The van der Waals surface area contributed by atoms with E-state index in [1.54, 1.807) is 6.92 Å². The van der Waals surface area contributed by atoms with Crippen molar-refractivity contribution in [3.63, 3.8) is 0 Å². The van der Waals surface area contributed by atoms with Crippen LogP contribution >= 0.6 is 27.5 Å². The Morgan fingerprint density at radius 1 is 1.44 bits per heavy atom. The van der Waals surface area contributed by atoms with Gasteiger partial charge in [0.05, 0.1) is 4.90 Å². The molecule has 0 saturated heterocycles. The van der Waals surface area contributed by atoms with Crippen LogP contribution in [0.5, 0.6) is 0 Å². The molecule has 1 aromatic heterocycles. The third-order valence-corrected chi connectivity index (χ3v) is 4.91. The van der Waals surface area contributed by atoms with Gasteiger partial charge >= 0.3 is 0 Å². The Bertz CT molecular complexity index is 684. The number of nitrogen functional groups attached to an aromatic ring is 1. The van der Waals surface area contributed by atoms with E-state index in [0.717, 1.165) is 11.5 Å². The second kappa shape index (κ2) is 4.82. The van der Waals surface area contributed by atoms with Crippen molar-refractivity contribution < 1.29 is 8.42 Å². The number of rotatable bonds is 3. The summed E-state index contributed by atoms with van der Waals surface area (Å²) in [4.78, 5) is 4.05. The van der Waals surface area contributed by atoms with Crippen molar-refractivity contribution in [2.45, 2.75) is 11.8 Å². The zero-order chi connectivity index (χ0) is 13.3. The maximum Gasteiger partial charge on any atom is 0.263 e. The van der Waals surface area contributed by atoms with Crippen LogP contribution in [0.2, 0.25) is 0 Å². The van der Waals surface area contributed by atoms with Gasteiger partial charge in [-0.25, -0.2) is 13.4 Å². The molecule has 0 aliphatic heterocycles. The normalized spacial score (nSPS) is 11.4. The van der Waals surface area contributed by atoms with Crippen molar-refractivity contribution >= 4 is 48.3 Å². The molecule has 6 nitrogen and oxygen atoms in total. The minimum Gasteiger partial charge on any atom is -0.398 e. The van der Waals surface area contributed by atoms with E-state index >= 15 is 0 Å². The molecule has 0 aliphatic rings. The van der Waals surface area contributed by atoms with E-state index in [4.69, 9.17) is 5.73 Å². The number of aromatic nitrogens is 2. The summed E-state index contributed by atoms with van der Waals surface area (Å²) >= 11 is 4.18. The Morgan fingerprint density at radius 2 is 2.17 bits per heavy atom. The van der Waals surface area contributed by atoms with Crippen LogP contribution in [-0.2, 0) is 10.0 Å². The van der Waals surface area contributed by atoms with E-state index in [1.807, 2.05) is 0 Å². The molecular formula is C9H9BrN4O2S2. The summed E-state index contributed by atoms with van der Waals surface area (Å²) in [7, 11) is -3.67. The first-order valence-electron chi connectivity index (χ1n) is 4.76. The number of benzene rings is 1. The molecule has 0 atom stereocenters. The van der Waals surface area contributed by atoms with Gasteiger partial charge in [0, 0.05) is 21.7 Å². The molecule has 96 valence electrons. The van der Waals surface area contributed by atoms with Gasteiger partial charge < -0.3 is 5.73 Å². The number of hydrogen-bond acceptors (Lipinski definition) is 6. The molecule has 0 unspecified atom stereocenters. The van der Waals surface area contributed by atoms with Gasteiger partial charge in [0.2, 0.25) is 5.13 Å². The molecule has 1 aromatic carbocycles. The summed E-state index contributed by atoms with van der Waals surface area (Å²) in [6.07, 6.45) is 0. The minimum atomic E-state index is -3.67. The van der Waals surface area contributed by atoms with Crippen molar-refractivity contribution in [1.29, 1.82) is 0 Å². The number of nitrogens with one attached hydrogen (secondary N) is 1. The SMILES string of the molecule is Cc1nsc(NS(=O)(=O)c2ccc(N)c(Br)c2)n1. The van der Waals surface area contributed by atoms with Crippen LogP contribution in [-0.4, -0.2) is 17.8 Å². The highest BCUT2D eigenvalue weighted by molar-refractivity contribution is 9.10. The van der Waals surface area contributed by atoms with E-state index < -0.39 is 10.0 Å². The lowest BCUT2D eigenvalue weighted by Crippen LogP contribution is -2.13. The Morgan fingerprint density at radius 3 is 2.72 bits per heavy atom. The number of nitrogens with two attached hydrogens (primary N) is 1. The molecular weight excluding hydrogens is 340 g/mol. The van der Waals surface area contributed by atoms with Crippen molar-refractivity contribution in [2.24, 2.45) is 0 Å². The minimum absolute atomic E-state index is 0.108. The van der Waals surface area contributed by atoms with Crippen LogP contribution in [0.1, 0.15) is 5.82 Å². The number of aryl methyl sites for hydroxylation is 1. The van der Waals surface area contributed by atoms with E-state index in [1.165, 1.54) is 18.2 Å². The highest BCUT2D eigenvalue weighted by atomic mass is 79.9. The third kappa shape index (κ3) is 2.79. The first-order chi connectivity index (χ1) is 8.38. The molecule has 1 heterocycles. The van der Waals surface area contributed by atoms with Gasteiger partial charge in [-0.3, -0.25) is 4.72 Å². The van der Waals surface area contributed by atoms with Crippen molar-refractivity contribution in [2.75, 3.05) is 10.5 Å². The van der Waals surface area contributed by atoms with E-state index in [2.05, 4.69) is 30.0 Å². The topological polar surface area (TPSA) is 98.0 Å². The molecule has 9 heteroatoms. The van der Waals surface area contributed by atoms with Crippen LogP contribution < -0.4 is 10.5 Å². The Kier molecular flexibility index (Phi) is 3.55. The maximum absolute atomic E-state index is 12.0. The number of hydrogen-bond donors (Lipinski definition) is 2. The molecule has 0 bridgehead atoms. The van der Waals surface area contributed by atoms with Crippen molar-refractivity contribution in [1.82, 2.24) is 9.36 Å². The molecule has 0 aliphatic carbocycles. The van der Waals surface area contributed by atoms with E-state index in [9.17, 15) is 8.42 Å². The van der Waals surface area contributed by atoms with Gasteiger partial charge in [-0.15, -0.1) is 0 Å². The largest absolute Gasteiger partial charge is 0.398 e. The zero-order valence-electron chi connectivity index (χ0n) is 9.21. The molecule has 3 N–H and O–H groups in total. The van der Waals surface area contributed by atoms with Gasteiger partial charge in [-0.1, -0.05) is 0 Å². The van der Waals surface area contributed by atoms with Crippen LogP contribution in [0.3, 0.4) is 0 Å². The summed E-state index contributed by atoms with van der Waals surface area (Å²) in [6, 6.07) is 4.38. The zero-order valence-corrected chi connectivity index (χ0v) is 12.4. The third-order valence-electron chi connectivity index (χ3n) is 2.03. The lowest BCUT2D eigenvalue weighted by molar-refractivity contribution is 0.601. The molecule has 2 aromatic rings. The standard InChI is InChI=1S/C9H9BrN4O2S2/c1-5-12-9(17-13-5)14-18(15,16)6-2-3-8(11)7(10)4-6/h2-4H,11H2,1H3,(H,12,13,14). The summed E-state index contributed by atoms with van der Waals surface area (Å²) in [5.74, 6) is 0.524. The van der Waals surface area contributed by atoms with Crippen molar-refractivity contribution in [3.8, 4) is 0 Å². The summed E-state index contributed by atoms with van der Waals surface area (Å²) in [5.41, 5.74) is 6.08. The monoisotopic (exact) mass is 348 g/mol. The highest BCUT2D eigenvalue weighted by Crippen LogP contribution is 2.24. The average Bonchev–Trinajstić information content (AvgIpc) is 2.67. The molecule has 18 heavy (non-hydrogen) atoms. The van der Waals surface area contributed by atoms with Crippen LogP contribution in [0.15, 0.2) is 27.6 Å². The maximum atomic E-state index is 12.0. The summed E-state index contributed by atoms with van der Waals surface area (Å²) in [5, 5.41) is 0.237. The number of anilines is 2. The van der Waals surface area contributed by atoms with Crippen LogP contribution in [0.4, 0.5) is 10.8 Å². The van der Waals surface area contributed by atoms with Gasteiger partial charge in [0.25, 0.3) is 10.0 Å². The fourth-order valence-electron chi connectivity index (χ4n) is 1.19. The van der Waals surface area contributed by atoms with E-state index in [-0.39, 0.29) is 10.0 Å². The molecule has 0 amide bonds. The number of halogens is 1. The molecule has 0 saturated carbocycles. The predicted molar refractivity (Wildman–Crippen MR) is 74.0 cm³/mol. The Hall–Kier alpha value is -1.19. The van der Waals surface area contributed by atoms with Crippen LogP contribution in [0.25, 0.3) is 0 Å². The summed E-state index contributed by atoms with van der Waals surface area (Å²) < 4.78 is 30.9. The Labute approximate surface area is 117 Å². The molecule has 2 rings (SSSR count). The fraction of sp³-hybridized carbons (Fsp3) is 0.111. The Balaban J connectivity index is 2.33. The quantitative estimate of drug-likeness (QED) is 0.826. The molecule has 0 spiro atoms. The molecule has 0 radical (unpaired) electrons.